The third kappa shape index (κ3) is 1.35. The van der Waals surface area contributed by atoms with Gasteiger partial charge in [0.05, 0.1) is 0 Å². The molecule has 0 N–H and O–H groups in total. The molecule has 0 aromatic carbocycles. The molecule has 0 saturated heterocycles. The molecule has 2 aliphatic heterocycles. The molecule has 0 saturated carbocycles. The first-order valence-electron chi connectivity index (χ1n) is 7.79. The van der Waals surface area contributed by atoms with Crippen molar-refractivity contribution in [1.82, 2.24) is 4.90 Å². The smallest absolute Gasteiger partial charge is 0.0425 e. The topological polar surface area (TPSA) is 15.6 Å². The Morgan fingerprint density at radius 3 is 2.95 bits per heavy atom. The van der Waals surface area contributed by atoms with Crippen LogP contribution in [0.25, 0.3) is 0 Å². The van der Waals surface area contributed by atoms with Crippen molar-refractivity contribution in [3.8, 4) is 0 Å². The van der Waals surface area contributed by atoms with Crippen LogP contribution >= 0.6 is 0 Å². The van der Waals surface area contributed by atoms with Crippen molar-refractivity contribution in [3.63, 3.8) is 0 Å². The molecule has 5 bridgehead atoms. The van der Waals surface area contributed by atoms with E-state index in [0.717, 1.165) is 18.9 Å². The van der Waals surface area contributed by atoms with Crippen LogP contribution in [0.15, 0.2) is 27.4 Å². The molecule has 102 valence electrons. The third-order valence-electron chi connectivity index (χ3n) is 6.43. The number of fused-ring (bicyclic) bond motifs is 1. The molecule has 3 atom stereocenters. The van der Waals surface area contributed by atoms with Gasteiger partial charge in [-0.05, 0) is 60.8 Å². The predicted octanol–water partition coefficient (Wildman–Crippen LogP) is 3.56. The maximum Gasteiger partial charge on any atom is 0.0425 e. The van der Waals surface area contributed by atoms with Crippen molar-refractivity contribution < 1.29 is 0 Å². The molecular formula is C17H24N2. The Labute approximate surface area is 116 Å². The fourth-order valence-electron chi connectivity index (χ4n) is 5.05. The summed E-state index contributed by atoms with van der Waals surface area (Å²) >= 11 is 0. The lowest BCUT2D eigenvalue weighted by Crippen LogP contribution is -2.44. The number of allylic oxidation sites excluding steroid dienone is 2. The van der Waals surface area contributed by atoms with E-state index in [1.54, 1.807) is 22.4 Å². The van der Waals surface area contributed by atoms with Crippen LogP contribution in [0, 0.1) is 11.3 Å². The second-order valence-corrected chi connectivity index (χ2v) is 7.01. The van der Waals surface area contributed by atoms with Gasteiger partial charge in [-0.15, -0.1) is 0 Å². The number of rotatable bonds is 0. The SMILES string of the molecule is CC1C2CC3=C(CCC4=C3CCN=CCC41C)N2C. The number of hydrogen-bond donors (Lipinski definition) is 0. The molecule has 0 aromatic heterocycles. The van der Waals surface area contributed by atoms with Crippen molar-refractivity contribution >= 4 is 6.21 Å². The van der Waals surface area contributed by atoms with Crippen molar-refractivity contribution in [3.05, 3.63) is 22.4 Å². The van der Waals surface area contributed by atoms with E-state index < -0.39 is 0 Å². The molecular weight excluding hydrogens is 232 g/mol. The highest BCUT2D eigenvalue weighted by molar-refractivity contribution is 5.62. The van der Waals surface area contributed by atoms with Gasteiger partial charge in [-0.25, -0.2) is 0 Å². The van der Waals surface area contributed by atoms with Crippen LogP contribution in [0.4, 0.5) is 0 Å². The van der Waals surface area contributed by atoms with Crippen LogP contribution in [0.3, 0.4) is 0 Å². The van der Waals surface area contributed by atoms with Crippen LogP contribution in [0.5, 0.6) is 0 Å². The van der Waals surface area contributed by atoms with Crippen LogP contribution in [0.2, 0.25) is 0 Å². The van der Waals surface area contributed by atoms with Gasteiger partial charge in [0.2, 0.25) is 0 Å². The summed E-state index contributed by atoms with van der Waals surface area (Å²) in [6.45, 7) is 5.98. The zero-order valence-corrected chi connectivity index (χ0v) is 12.4. The minimum absolute atomic E-state index is 0.339. The summed E-state index contributed by atoms with van der Waals surface area (Å²) in [4.78, 5) is 7.24. The Morgan fingerprint density at radius 1 is 1.26 bits per heavy atom. The van der Waals surface area contributed by atoms with Gasteiger partial charge < -0.3 is 4.90 Å². The van der Waals surface area contributed by atoms with E-state index in [0.29, 0.717) is 11.5 Å². The third-order valence-corrected chi connectivity index (χ3v) is 6.43. The Morgan fingerprint density at radius 2 is 2.11 bits per heavy atom. The van der Waals surface area contributed by atoms with Crippen LogP contribution < -0.4 is 0 Å². The highest BCUT2D eigenvalue weighted by Crippen LogP contribution is 2.57. The number of likely N-dealkylation sites (tertiary alicyclic amines) is 1. The minimum atomic E-state index is 0.339. The Bertz CT molecular complexity index is 525. The van der Waals surface area contributed by atoms with Crippen molar-refractivity contribution in [2.45, 2.75) is 52.0 Å². The standard InChI is InChI=1S/C17H24N2/c1-11-16-10-13-12-6-8-18-9-7-17(11,2)14(12)4-5-15(13)19(16)3/h9,11,16H,4-8,10H2,1-3H3. The van der Waals surface area contributed by atoms with E-state index in [9.17, 15) is 0 Å². The molecule has 0 fully saturated rings. The lowest BCUT2D eigenvalue weighted by Gasteiger charge is -2.47. The molecule has 0 radical (unpaired) electrons. The molecule has 3 unspecified atom stereocenters. The first-order valence-corrected chi connectivity index (χ1v) is 7.79. The van der Waals surface area contributed by atoms with Crippen LogP contribution in [0.1, 0.15) is 46.0 Å². The van der Waals surface area contributed by atoms with Crippen LogP contribution in [-0.4, -0.2) is 30.7 Å². The summed E-state index contributed by atoms with van der Waals surface area (Å²) < 4.78 is 0. The molecule has 0 spiro atoms. The van der Waals surface area contributed by atoms with Gasteiger partial charge in [0.15, 0.2) is 0 Å². The van der Waals surface area contributed by atoms with Crippen LogP contribution in [-0.2, 0) is 0 Å². The number of aliphatic imine (C=N–C) groups is 1. The number of nitrogens with zero attached hydrogens (tertiary/aromatic N) is 2. The number of hydrogen-bond acceptors (Lipinski definition) is 2. The highest BCUT2D eigenvalue weighted by Gasteiger charge is 2.50. The van der Waals surface area contributed by atoms with E-state index >= 15 is 0 Å². The van der Waals surface area contributed by atoms with Crippen molar-refractivity contribution in [1.29, 1.82) is 0 Å². The largest absolute Gasteiger partial charge is 0.374 e. The van der Waals surface area contributed by atoms with E-state index in [1.165, 1.54) is 25.7 Å². The second-order valence-electron chi connectivity index (χ2n) is 7.01. The van der Waals surface area contributed by atoms with E-state index in [2.05, 4.69) is 37.0 Å². The Hall–Kier alpha value is -1.05. The van der Waals surface area contributed by atoms with Crippen molar-refractivity contribution in [2.75, 3.05) is 13.6 Å². The summed E-state index contributed by atoms with van der Waals surface area (Å²) in [6, 6.07) is 0.717. The molecule has 19 heavy (non-hydrogen) atoms. The molecule has 4 aliphatic rings. The second kappa shape index (κ2) is 3.74. The van der Waals surface area contributed by atoms with Crippen molar-refractivity contribution in [2.24, 2.45) is 16.3 Å². The summed E-state index contributed by atoms with van der Waals surface area (Å²) in [5.74, 6) is 0.724. The van der Waals surface area contributed by atoms with Gasteiger partial charge in [0.1, 0.15) is 0 Å². The molecule has 2 nitrogen and oxygen atoms in total. The first-order chi connectivity index (χ1) is 9.13. The summed E-state index contributed by atoms with van der Waals surface area (Å²) in [5.41, 5.74) is 7.20. The van der Waals surface area contributed by atoms with Gasteiger partial charge in [-0.3, -0.25) is 4.99 Å². The molecule has 2 heterocycles. The lowest BCUT2D eigenvalue weighted by molar-refractivity contribution is 0.133. The Balaban J connectivity index is 1.97. The van der Waals surface area contributed by atoms with E-state index in [1.807, 2.05) is 0 Å². The lowest BCUT2D eigenvalue weighted by atomic mass is 9.64. The fourth-order valence-corrected chi connectivity index (χ4v) is 5.05. The normalized spacial score (nSPS) is 40.7. The zero-order valence-electron chi connectivity index (χ0n) is 12.4. The maximum absolute atomic E-state index is 4.63. The first kappa shape index (κ1) is 11.7. The highest BCUT2D eigenvalue weighted by atomic mass is 15.2. The average Bonchev–Trinajstić information content (AvgIpc) is 2.69. The predicted molar refractivity (Wildman–Crippen MR) is 79.3 cm³/mol. The zero-order chi connectivity index (χ0) is 13.2. The van der Waals surface area contributed by atoms with Gasteiger partial charge in [-0.2, -0.15) is 0 Å². The fraction of sp³-hybridized carbons (Fsp3) is 0.706. The van der Waals surface area contributed by atoms with Gasteiger partial charge in [0.25, 0.3) is 0 Å². The Kier molecular flexibility index (Phi) is 2.31. The molecule has 2 aliphatic carbocycles. The molecule has 2 heteroatoms. The summed E-state index contributed by atoms with van der Waals surface area (Å²) in [6.07, 6.45) is 8.39. The van der Waals surface area contributed by atoms with Gasteiger partial charge >= 0.3 is 0 Å². The molecule has 4 rings (SSSR count). The van der Waals surface area contributed by atoms with Gasteiger partial charge in [0, 0.05) is 25.3 Å². The maximum atomic E-state index is 4.63. The minimum Gasteiger partial charge on any atom is -0.374 e. The summed E-state index contributed by atoms with van der Waals surface area (Å²) in [7, 11) is 2.33. The quantitative estimate of drug-likeness (QED) is 0.647. The summed E-state index contributed by atoms with van der Waals surface area (Å²) in [5, 5.41) is 0. The van der Waals surface area contributed by atoms with E-state index in [-0.39, 0.29) is 0 Å². The average molecular weight is 256 g/mol. The molecule has 0 amide bonds. The monoisotopic (exact) mass is 256 g/mol. The molecule has 0 aromatic rings. The van der Waals surface area contributed by atoms with Gasteiger partial charge in [-0.1, -0.05) is 19.4 Å². The van der Waals surface area contributed by atoms with E-state index in [4.69, 9.17) is 0 Å².